The maximum Gasteiger partial charge on any atom is 0.0124 e. The van der Waals surface area contributed by atoms with Gasteiger partial charge in [0.1, 0.15) is 0 Å². The third kappa shape index (κ3) is 1.96. The van der Waals surface area contributed by atoms with E-state index < -0.39 is 0 Å². The molecule has 0 bridgehead atoms. The van der Waals surface area contributed by atoms with Crippen molar-refractivity contribution in [3.63, 3.8) is 0 Å². The molecule has 2 N–H and O–H groups in total. The third-order valence-electron chi connectivity index (χ3n) is 4.17. The molecule has 1 saturated carbocycles. The molecule has 2 rings (SSSR count). The fourth-order valence-corrected chi connectivity index (χ4v) is 3.10. The molecule has 0 aromatic heterocycles. The Labute approximate surface area is 87.8 Å². The minimum Gasteiger partial charge on any atom is -0.330 e. The number of hydrogen-bond donors (Lipinski definition) is 1. The Balaban J connectivity index is 1.91. The van der Waals surface area contributed by atoms with Crippen LogP contribution in [0.2, 0.25) is 0 Å². The summed E-state index contributed by atoms with van der Waals surface area (Å²) in [7, 11) is 0. The van der Waals surface area contributed by atoms with Crippen LogP contribution in [0.4, 0.5) is 0 Å². The summed E-state index contributed by atoms with van der Waals surface area (Å²) in [6, 6.07) is 1.70. The lowest BCUT2D eigenvalue weighted by atomic mass is 9.78. The van der Waals surface area contributed by atoms with Gasteiger partial charge in [0.05, 0.1) is 0 Å². The maximum absolute atomic E-state index is 5.69. The number of piperidine rings is 1. The largest absolute Gasteiger partial charge is 0.330 e. The lowest BCUT2D eigenvalue weighted by molar-refractivity contribution is 0.0119. The molecule has 82 valence electrons. The van der Waals surface area contributed by atoms with Crippen LogP contribution in [0.3, 0.4) is 0 Å². The Kier molecular flexibility index (Phi) is 3.45. The van der Waals surface area contributed by atoms with Crippen molar-refractivity contribution in [1.29, 1.82) is 0 Å². The molecule has 14 heavy (non-hydrogen) atoms. The van der Waals surface area contributed by atoms with Gasteiger partial charge in [0.25, 0.3) is 0 Å². The van der Waals surface area contributed by atoms with E-state index in [-0.39, 0.29) is 0 Å². The van der Waals surface area contributed by atoms with E-state index in [4.69, 9.17) is 5.73 Å². The average molecular weight is 196 g/mol. The highest BCUT2D eigenvalue weighted by Gasteiger charge is 2.36. The topological polar surface area (TPSA) is 29.3 Å². The molecule has 3 unspecified atom stereocenters. The highest BCUT2D eigenvalue weighted by Crippen LogP contribution is 2.35. The third-order valence-corrected chi connectivity index (χ3v) is 4.17. The van der Waals surface area contributed by atoms with Crippen LogP contribution in [0.25, 0.3) is 0 Å². The molecule has 2 aliphatic rings. The summed E-state index contributed by atoms with van der Waals surface area (Å²) in [5.41, 5.74) is 5.69. The highest BCUT2D eigenvalue weighted by atomic mass is 15.2. The zero-order valence-electron chi connectivity index (χ0n) is 9.41. The van der Waals surface area contributed by atoms with Crippen molar-refractivity contribution in [2.75, 3.05) is 13.1 Å². The Morgan fingerprint density at radius 3 is 2.64 bits per heavy atom. The highest BCUT2D eigenvalue weighted by molar-refractivity contribution is 4.91. The maximum atomic E-state index is 5.69. The summed E-state index contributed by atoms with van der Waals surface area (Å²) >= 11 is 0. The van der Waals surface area contributed by atoms with Crippen LogP contribution < -0.4 is 5.73 Å². The fraction of sp³-hybridized carbons (Fsp3) is 1.00. The first-order valence-electron chi connectivity index (χ1n) is 6.28. The second kappa shape index (κ2) is 4.63. The van der Waals surface area contributed by atoms with Crippen LogP contribution in [-0.4, -0.2) is 30.1 Å². The number of nitrogens with two attached hydrogens (primary N) is 1. The SMILES string of the molecule is CC1CCC1N1CCCCC1CCN. The van der Waals surface area contributed by atoms with Crippen LogP contribution in [0.5, 0.6) is 0 Å². The number of rotatable bonds is 3. The Morgan fingerprint density at radius 1 is 1.21 bits per heavy atom. The van der Waals surface area contributed by atoms with E-state index in [0.29, 0.717) is 0 Å². The van der Waals surface area contributed by atoms with E-state index in [9.17, 15) is 0 Å². The predicted molar refractivity (Wildman–Crippen MR) is 60.2 cm³/mol. The molecule has 2 nitrogen and oxygen atoms in total. The second-order valence-electron chi connectivity index (χ2n) is 5.09. The molecule has 1 heterocycles. The quantitative estimate of drug-likeness (QED) is 0.748. The van der Waals surface area contributed by atoms with Gasteiger partial charge in [-0.1, -0.05) is 13.3 Å². The number of nitrogens with zero attached hydrogens (tertiary/aromatic N) is 1. The van der Waals surface area contributed by atoms with Gasteiger partial charge in [0.15, 0.2) is 0 Å². The molecule has 0 aromatic carbocycles. The number of hydrogen-bond acceptors (Lipinski definition) is 2. The van der Waals surface area contributed by atoms with Gasteiger partial charge in [-0.2, -0.15) is 0 Å². The van der Waals surface area contributed by atoms with Crippen molar-refractivity contribution in [1.82, 2.24) is 4.90 Å². The summed E-state index contributed by atoms with van der Waals surface area (Å²) in [5, 5.41) is 0. The van der Waals surface area contributed by atoms with Crippen molar-refractivity contribution in [3.05, 3.63) is 0 Å². The molecular formula is C12H24N2. The number of likely N-dealkylation sites (tertiary alicyclic amines) is 1. The molecule has 0 radical (unpaired) electrons. The lowest BCUT2D eigenvalue weighted by Crippen LogP contribution is -2.53. The van der Waals surface area contributed by atoms with Crippen LogP contribution >= 0.6 is 0 Å². The summed E-state index contributed by atoms with van der Waals surface area (Å²) in [5.74, 6) is 0.938. The predicted octanol–water partition coefficient (Wildman–Crippen LogP) is 1.99. The van der Waals surface area contributed by atoms with Gasteiger partial charge >= 0.3 is 0 Å². The summed E-state index contributed by atoms with van der Waals surface area (Å²) in [6.07, 6.45) is 8.30. The van der Waals surface area contributed by atoms with Crippen LogP contribution in [0, 0.1) is 5.92 Å². The monoisotopic (exact) mass is 196 g/mol. The molecule has 3 atom stereocenters. The zero-order chi connectivity index (χ0) is 9.97. The van der Waals surface area contributed by atoms with E-state index in [0.717, 1.165) is 24.5 Å². The van der Waals surface area contributed by atoms with Gasteiger partial charge in [-0.15, -0.1) is 0 Å². The fourth-order valence-electron chi connectivity index (χ4n) is 3.10. The summed E-state index contributed by atoms with van der Waals surface area (Å²) in [4.78, 5) is 2.77. The minimum atomic E-state index is 0.807. The molecule has 1 aliphatic heterocycles. The van der Waals surface area contributed by atoms with Gasteiger partial charge in [0, 0.05) is 12.1 Å². The van der Waals surface area contributed by atoms with Crippen LogP contribution in [0.1, 0.15) is 45.4 Å². The molecule has 0 amide bonds. The van der Waals surface area contributed by atoms with Crippen molar-refractivity contribution >= 4 is 0 Å². The van der Waals surface area contributed by atoms with E-state index in [1.165, 1.54) is 45.1 Å². The Bertz CT molecular complexity index is 179. The normalized spacial score (nSPS) is 39.4. The summed E-state index contributed by atoms with van der Waals surface area (Å²) in [6.45, 7) is 4.60. The van der Waals surface area contributed by atoms with Gasteiger partial charge in [-0.3, -0.25) is 4.90 Å². The first-order valence-corrected chi connectivity index (χ1v) is 6.28. The molecule has 2 heteroatoms. The van der Waals surface area contributed by atoms with Gasteiger partial charge < -0.3 is 5.73 Å². The van der Waals surface area contributed by atoms with Gasteiger partial charge in [-0.05, 0) is 51.1 Å². The molecule has 1 saturated heterocycles. The van der Waals surface area contributed by atoms with Gasteiger partial charge in [-0.25, -0.2) is 0 Å². The first kappa shape index (κ1) is 10.4. The molecule has 1 aliphatic carbocycles. The van der Waals surface area contributed by atoms with Gasteiger partial charge in [0.2, 0.25) is 0 Å². The van der Waals surface area contributed by atoms with E-state index in [1.54, 1.807) is 0 Å². The average Bonchev–Trinajstić information content (AvgIpc) is 2.19. The van der Waals surface area contributed by atoms with Crippen LogP contribution in [-0.2, 0) is 0 Å². The van der Waals surface area contributed by atoms with Crippen molar-refractivity contribution in [3.8, 4) is 0 Å². The zero-order valence-corrected chi connectivity index (χ0v) is 9.41. The Hall–Kier alpha value is -0.0800. The van der Waals surface area contributed by atoms with Crippen molar-refractivity contribution in [2.45, 2.75) is 57.5 Å². The molecule has 0 spiro atoms. The Morgan fingerprint density at radius 2 is 2.07 bits per heavy atom. The van der Waals surface area contributed by atoms with E-state index in [1.807, 2.05) is 0 Å². The molecule has 2 fully saturated rings. The lowest BCUT2D eigenvalue weighted by Gasteiger charge is -2.48. The first-order chi connectivity index (χ1) is 6.83. The second-order valence-corrected chi connectivity index (χ2v) is 5.09. The van der Waals surface area contributed by atoms with Crippen molar-refractivity contribution in [2.24, 2.45) is 11.7 Å². The summed E-state index contributed by atoms with van der Waals surface area (Å²) < 4.78 is 0. The van der Waals surface area contributed by atoms with Crippen LogP contribution in [0.15, 0.2) is 0 Å². The molecule has 0 aromatic rings. The molecular weight excluding hydrogens is 172 g/mol. The smallest absolute Gasteiger partial charge is 0.0124 e. The van der Waals surface area contributed by atoms with Crippen molar-refractivity contribution < 1.29 is 0 Å². The minimum absolute atomic E-state index is 0.807. The van der Waals surface area contributed by atoms with E-state index in [2.05, 4.69) is 11.8 Å². The van der Waals surface area contributed by atoms with E-state index >= 15 is 0 Å². The standard InChI is InChI=1S/C12H24N2/c1-10-5-6-12(10)14-9-3-2-4-11(14)7-8-13/h10-12H,2-9,13H2,1H3.